The van der Waals surface area contributed by atoms with Gasteiger partial charge in [0.1, 0.15) is 4.21 Å². The van der Waals surface area contributed by atoms with Gasteiger partial charge in [0, 0.05) is 24.6 Å². The molecule has 0 radical (unpaired) electrons. The number of nitrogens with zero attached hydrogens (tertiary/aromatic N) is 2. The molecule has 0 spiro atoms. The number of methoxy groups -OCH3 is 1. The highest BCUT2D eigenvalue weighted by molar-refractivity contribution is 7.92. The van der Waals surface area contributed by atoms with Crippen molar-refractivity contribution in [1.29, 1.82) is 0 Å². The van der Waals surface area contributed by atoms with Gasteiger partial charge in [-0.25, -0.2) is 13.4 Å². The maximum atomic E-state index is 11.8. The van der Waals surface area contributed by atoms with Crippen LogP contribution in [0.2, 0.25) is 0 Å². The lowest BCUT2D eigenvalue weighted by Gasteiger charge is -2.32. The van der Waals surface area contributed by atoms with Crippen LogP contribution in [0, 0.1) is 5.92 Å². The van der Waals surface area contributed by atoms with E-state index < -0.39 is 9.84 Å². The topological polar surface area (TPSA) is 59.5 Å². The first-order valence-electron chi connectivity index (χ1n) is 8.94. The average Bonchev–Trinajstić information content (AvgIpc) is 3.11. The number of piperidine rings is 1. The van der Waals surface area contributed by atoms with Crippen molar-refractivity contribution in [2.45, 2.75) is 36.4 Å². The third-order valence-electron chi connectivity index (χ3n) is 5.01. The molecule has 0 aliphatic carbocycles. The summed E-state index contributed by atoms with van der Waals surface area (Å²) in [5, 5.41) is 1.88. The van der Waals surface area contributed by atoms with Crippen molar-refractivity contribution in [2.75, 3.05) is 26.5 Å². The summed E-state index contributed by atoms with van der Waals surface area (Å²) in [7, 11) is -1.44. The van der Waals surface area contributed by atoms with Crippen LogP contribution in [0.3, 0.4) is 0 Å². The Morgan fingerprint density at radius 2 is 2.04 bits per heavy atom. The summed E-state index contributed by atoms with van der Waals surface area (Å²) in [4.78, 5) is 6.71. The minimum absolute atomic E-state index is 0.540. The van der Waals surface area contributed by atoms with E-state index in [1.54, 1.807) is 13.3 Å². The first kappa shape index (κ1) is 19.3. The molecule has 2 aromatic heterocycles. The van der Waals surface area contributed by atoms with Crippen molar-refractivity contribution in [3.63, 3.8) is 0 Å². The first-order valence-corrected chi connectivity index (χ1v) is 11.7. The fraction of sp³-hybridized carbons (Fsp3) is 0.526. The second-order valence-corrected chi connectivity index (χ2v) is 10.1. The molecular weight excluding hydrogens is 368 g/mol. The van der Waals surface area contributed by atoms with Gasteiger partial charge in [-0.3, -0.25) is 4.90 Å². The van der Waals surface area contributed by atoms with Gasteiger partial charge in [0.15, 0.2) is 9.84 Å². The lowest BCUT2D eigenvalue weighted by Crippen LogP contribution is -2.33. The van der Waals surface area contributed by atoms with Gasteiger partial charge in [-0.15, -0.1) is 11.3 Å². The molecule has 0 aromatic carbocycles. The second-order valence-electron chi connectivity index (χ2n) is 6.94. The van der Waals surface area contributed by atoms with E-state index >= 15 is 0 Å². The Hall–Kier alpha value is -1.44. The number of ether oxygens (including phenoxy) is 1. The quantitative estimate of drug-likeness (QED) is 0.720. The van der Waals surface area contributed by atoms with E-state index in [-0.39, 0.29) is 0 Å². The van der Waals surface area contributed by atoms with Gasteiger partial charge in [-0.1, -0.05) is 6.07 Å². The zero-order valence-corrected chi connectivity index (χ0v) is 17.0. The molecule has 0 saturated carbocycles. The third kappa shape index (κ3) is 4.84. The number of thiophene rings is 1. The minimum Gasteiger partial charge on any atom is -0.481 e. The summed E-state index contributed by atoms with van der Waals surface area (Å²) in [6.07, 6.45) is 7.27. The van der Waals surface area contributed by atoms with E-state index in [0.717, 1.165) is 56.4 Å². The number of likely N-dealkylation sites (tertiary alicyclic amines) is 1. The monoisotopic (exact) mass is 394 g/mol. The van der Waals surface area contributed by atoms with Crippen LogP contribution in [0.5, 0.6) is 5.88 Å². The molecule has 1 aliphatic rings. The molecular formula is C19H26N2O3S2. The zero-order chi connectivity index (χ0) is 18.6. The number of rotatable bonds is 7. The predicted molar refractivity (Wildman–Crippen MR) is 105 cm³/mol. The molecule has 142 valence electrons. The van der Waals surface area contributed by atoms with Crippen molar-refractivity contribution in [1.82, 2.24) is 9.88 Å². The van der Waals surface area contributed by atoms with Crippen molar-refractivity contribution < 1.29 is 13.2 Å². The SMILES string of the molecule is COc1ncccc1CN1CCC(CCc2ccsc2S(C)(=O)=O)CC1. The average molecular weight is 395 g/mol. The van der Waals surface area contributed by atoms with Gasteiger partial charge in [-0.2, -0.15) is 0 Å². The van der Waals surface area contributed by atoms with E-state index in [4.69, 9.17) is 4.74 Å². The lowest BCUT2D eigenvalue weighted by atomic mass is 9.91. The van der Waals surface area contributed by atoms with Gasteiger partial charge < -0.3 is 4.74 Å². The van der Waals surface area contributed by atoms with Gasteiger partial charge in [0.05, 0.1) is 7.11 Å². The van der Waals surface area contributed by atoms with Crippen LogP contribution in [-0.4, -0.2) is 44.8 Å². The van der Waals surface area contributed by atoms with Crippen molar-refractivity contribution in [2.24, 2.45) is 5.92 Å². The molecule has 3 rings (SSSR count). The molecule has 2 aromatic rings. The molecule has 0 amide bonds. The summed E-state index contributed by atoms with van der Waals surface area (Å²) in [6, 6.07) is 5.98. The molecule has 26 heavy (non-hydrogen) atoms. The standard InChI is InChI=1S/C19H26N2O3S2/c1-24-18-17(4-3-10-20-18)14-21-11-7-15(8-12-21)5-6-16-9-13-25-19(16)26(2,22)23/h3-4,9-10,13,15H,5-8,11-12,14H2,1-2H3. The normalized spacial score (nSPS) is 16.7. The molecule has 0 bridgehead atoms. The maximum Gasteiger partial charge on any atom is 0.217 e. The van der Waals surface area contributed by atoms with Gasteiger partial charge in [-0.05, 0) is 67.8 Å². The molecule has 3 heterocycles. The smallest absolute Gasteiger partial charge is 0.217 e. The maximum absolute atomic E-state index is 11.8. The summed E-state index contributed by atoms with van der Waals surface area (Å²) < 4.78 is 29.5. The zero-order valence-electron chi connectivity index (χ0n) is 15.3. The van der Waals surface area contributed by atoms with E-state index in [2.05, 4.69) is 16.0 Å². The molecule has 0 unspecified atom stereocenters. The van der Waals surface area contributed by atoms with E-state index in [9.17, 15) is 8.42 Å². The van der Waals surface area contributed by atoms with Crippen LogP contribution in [0.15, 0.2) is 34.0 Å². The number of aromatic nitrogens is 1. The molecule has 7 heteroatoms. The van der Waals surface area contributed by atoms with Gasteiger partial charge >= 0.3 is 0 Å². The minimum atomic E-state index is -3.10. The van der Waals surface area contributed by atoms with Crippen LogP contribution < -0.4 is 4.74 Å². The first-order chi connectivity index (χ1) is 12.5. The molecule has 1 saturated heterocycles. The predicted octanol–water partition coefficient (Wildman–Crippen LogP) is 3.40. The number of pyridine rings is 1. The Kier molecular flexibility index (Phi) is 6.32. The van der Waals surface area contributed by atoms with E-state index in [1.807, 2.05) is 17.5 Å². The van der Waals surface area contributed by atoms with Crippen LogP contribution in [-0.2, 0) is 22.8 Å². The Morgan fingerprint density at radius 3 is 2.73 bits per heavy atom. The highest BCUT2D eigenvalue weighted by Crippen LogP contribution is 2.28. The highest BCUT2D eigenvalue weighted by Gasteiger charge is 2.22. The van der Waals surface area contributed by atoms with E-state index in [1.165, 1.54) is 17.6 Å². The Balaban J connectivity index is 1.49. The Morgan fingerprint density at radius 1 is 1.27 bits per heavy atom. The fourth-order valence-corrected chi connectivity index (χ4v) is 5.78. The largest absolute Gasteiger partial charge is 0.481 e. The third-order valence-corrected chi connectivity index (χ3v) is 7.89. The van der Waals surface area contributed by atoms with Gasteiger partial charge in [0.25, 0.3) is 0 Å². The second kappa shape index (κ2) is 8.50. The van der Waals surface area contributed by atoms with E-state index in [0.29, 0.717) is 16.0 Å². The Bertz CT molecular complexity index is 825. The number of hydrogen-bond donors (Lipinski definition) is 0. The van der Waals surface area contributed by atoms with Crippen LogP contribution >= 0.6 is 11.3 Å². The summed E-state index contributed by atoms with van der Waals surface area (Å²) >= 11 is 1.33. The summed E-state index contributed by atoms with van der Waals surface area (Å²) in [5.41, 5.74) is 2.12. The number of aryl methyl sites for hydroxylation is 1. The van der Waals surface area contributed by atoms with Crippen molar-refractivity contribution >= 4 is 21.2 Å². The number of hydrogen-bond acceptors (Lipinski definition) is 6. The van der Waals surface area contributed by atoms with Crippen LogP contribution in [0.25, 0.3) is 0 Å². The van der Waals surface area contributed by atoms with Crippen molar-refractivity contribution in [3.8, 4) is 5.88 Å². The molecule has 0 atom stereocenters. The Labute approximate surface area is 159 Å². The van der Waals surface area contributed by atoms with Crippen LogP contribution in [0.1, 0.15) is 30.4 Å². The summed E-state index contributed by atoms with van der Waals surface area (Å²) in [5.74, 6) is 1.37. The molecule has 1 aliphatic heterocycles. The van der Waals surface area contributed by atoms with Crippen LogP contribution in [0.4, 0.5) is 0 Å². The highest BCUT2D eigenvalue weighted by atomic mass is 32.2. The van der Waals surface area contributed by atoms with Gasteiger partial charge in [0.2, 0.25) is 5.88 Å². The lowest BCUT2D eigenvalue weighted by molar-refractivity contribution is 0.170. The number of sulfone groups is 1. The molecule has 1 fully saturated rings. The molecule has 0 N–H and O–H groups in total. The fourth-order valence-electron chi connectivity index (χ4n) is 3.59. The summed E-state index contributed by atoms with van der Waals surface area (Å²) in [6.45, 7) is 2.99. The molecule has 5 nitrogen and oxygen atoms in total. The van der Waals surface area contributed by atoms with Crippen molar-refractivity contribution in [3.05, 3.63) is 40.9 Å².